The second-order valence-electron chi connectivity index (χ2n) is 4.98. The van der Waals surface area contributed by atoms with Gasteiger partial charge in [0.2, 0.25) is 0 Å². The van der Waals surface area contributed by atoms with E-state index in [1.54, 1.807) is 7.11 Å². The summed E-state index contributed by atoms with van der Waals surface area (Å²) in [6.07, 6.45) is 0. The zero-order valence-electron chi connectivity index (χ0n) is 13.9. The van der Waals surface area contributed by atoms with Gasteiger partial charge in [0.1, 0.15) is 5.75 Å². The largest absolute Gasteiger partial charge is 0.497 e. The Balaban J connectivity index is 2.70. The van der Waals surface area contributed by atoms with Crippen LogP contribution in [-0.2, 0) is 4.74 Å². The van der Waals surface area contributed by atoms with E-state index in [1.165, 1.54) is 5.56 Å². The first-order valence-electron chi connectivity index (χ1n) is 7.92. The molecule has 0 aliphatic carbocycles. The molecule has 4 heteroatoms. The van der Waals surface area contributed by atoms with Crippen molar-refractivity contribution in [1.29, 1.82) is 0 Å². The van der Waals surface area contributed by atoms with Crippen LogP contribution in [0.3, 0.4) is 0 Å². The number of hydrogen-bond donors (Lipinski definition) is 1. The van der Waals surface area contributed by atoms with Gasteiger partial charge in [-0.15, -0.1) is 0 Å². The average Bonchev–Trinajstić information content (AvgIpc) is 2.53. The number of rotatable bonds is 11. The molecule has 1 N–H and O–H groups in total. The number of nitrogens with one attached hydrogen (secondary N) is 1. The Kier molecular flexibility index (Phi) is 9.06. The molecule has 1 aromatic carbocycles. The van der Waals surface area contributed by atoms with Crippen LogP contribution in [0.2, 0.25) is 0 Å². The van der Waals surface area contributed by atoms with Crippen molar-refractivity contribution in [2.75, 3.05) is 46.5 Å². The topological polar surface area (TPSA) is 33.7 Å². The number of nitrogens with zero attached hydrogens (tertiary/aromatic N) is 1. The molecule has 21 heavy (non-hydrogen) atoms. The van der Waals surface area contributed by atoms with Crippen molar-refractivity contribution in [3.8, 4) is 5.75 Å². The van der Waals surface area contributed by atoms with Crippen LogP contribution in [0.15, 0.2) is 24.3 Å². The molecule has 0 fully saturated rings. The van der Waals surface area contributed by atoms with Gasteiger partial charge >= 0.3 is 0 Å². The Morgan fingerprint density at radius 2 is 2.05 bits per heavy atom. The molecule has 0 saturated carbocycles. The fraction of sp³-hybridized carbons (Fsp3) is 0.647. The molecule has 120 valence electrons. The third kappa shape index (κ3) is 6.46. The highest BCUT2D eigenvalue weighted by Gasteiger charge is 2.15. The molecule has 0 saturated heterocycles. The fourth-order valence-corrected chi connectivity index (χ4v) is 2.37. The minimum Gasteiger partial charge on any atom is -0.497 e. The molecule has 0 aliphatic rings. The Bertz CT molecular complexity index is 385. The second kappa shape index (κ2) is 10.6. The maximum absolute atomic E-state index is 5.47. The van der Waals surface area contributed by atoms with E-state index in [0.29, 0.717) is 6.04 Å². The molecular weight excluding hydrogens is 264 g/mol. The summed E-state index contributed by atoms with van der Waals surface area (Å²) in [6, 6.07) is 8.62. The first-order chi connectivity index (χ1) is 10.2. The molecule has 0 spiro atoms. The predicted octanol–water partition coefficient (Wildman–Crippen LogP) is 2.70. The van der Waals surface area contributed by atoms with E-state index in [4.69, 9.17) is 9.47 Å². The maximum Gasteiger partial charge on any atom is 0.119 e. The lowest BCUT2D eigenvalue weighted by Gasteiger charge is -2.27. The minimum absolute atomic E-state index is 0.312. The van der Waals surface area contributed by atoms with Crippen molar-refractivity contribution in [1.82, 2.24) is 10.2 Å². The highest BCUT2D eigenvalue weighted by molar-refractivity contribution is 5.30. The summed E-state index contributed by atoms with van der Waals surface area (Å²) in [6.45, 7) is 11.9. The van der Waals surface area contributed by atoms with E-state index < -0.39 is 0 Å². The number of benzene rings is 1. The molecule has 0 heterocycles. The summed E-state index contributed by atoms with van der Waals surface area (Å²) in [4.78, 5) is 2.42. The number of methoxy groups -OCH3 is 1. The van der Waals surface area contributed by atoms with E-state index in [1.807, 2.05) is 13.0 Å². The first-order valence-corrected chi connectivity index (χ1v) is 7.92. The Hall–Kier alpha value is -1.10. The minimum atomic E-state index is 0.312. The van der Waals surface area contributed by atoms with E-state index >= 15 is 0 Å². The fourth-order valence-electron chi connectivity index (χ4n) is 2.37. The molecule has 0 aromatic heterocycles. The normalized spacial score (nSPS) is 12.6. The molecule has 0 aliphatic heterocycles. The Labute approximate surface area is 129 Å². The third-order valence-electron chi connectivity index (χ3n) is 3.59. The van der Waals surface area contributed by atoms with E-state index in [2.05, 4.69) is 42.3 Å². The van der Waals surface area contributed by atoms with Crippen molar-refractivity contribution in [3.05, 3.63) is 29.8 Å². The van der Waals surface area contributed by atoms with Gasteiger partial charge in [0, 0.05) is 25.7 Å². The van der Waals surface area contributed by atoms with Crippen LogP contribution in [-0.4, -0.2) is 51.4 Å². The van der Waals surface area contributed by atoms with Crippen molar-refractivity contribution < 1.29 is 9.47 Å². The maximum atomic E-state index is 5.47. The number of hydrogen-bond acceptors (Lipinski definition) is 4. The van der Waals surface area contributed by atoms with Crippen LogP contribution in [0.4, 0.5) is 0 Å². The van der Waals surface area contributed by atoms with Gasteiger partial charge in [0.25, 0.3) is 0 Å². The van der Waals surface area contributed by atoms with Crippen molar-refractivity contribution in [2.24, 2.45) is 0 Å². The molecule has 1 aromatic rings. The van der Waals surface area contributed by atoms with Gasteiger partial charge in [0.15, 0.2) is 0 Å². The lowest BCUT2D eigenvalue weighted by atomic mass is 10.1. The predicted molar refractivity (Wildman–Crippen MR) is 88.0 cm³/mol. The van der Waals surface area contributed by atoms with Crippen molar-refractivity contribution >= 4 is 0 Å². The Morgan fingerprint density at radius 3 is 2.67 bits per heavy atom. The van der Waals surface area contributed by atoms with Gasteiger partial charge in [0.05, 0.1) is 13.7 Å². The van der Waals surface area contributed by atoms with E-state index in [9.17, 15) is 0 Å². The monoisotopic (exact) mass is 294 g/mol. The summed E-state index contributed by atoms with van der Waals surface area (Å²) < 4.78 is 10.8. The highest BCUT2D eigenvalue weighted by Crippen LogP contribution is 2.20. The van der Waals surface area contributed by atoms with Gasteiger partial charge in [-0.3, -0.25) is 4.90 Å². The van der Waals surface area contributed by atoms with Gasteiger partial charge in [-0.25, -0.2) is 0 Å². The summed E-state index contributed by atoms with van der Waals surface area (Å²) >= 11 is 0. The van der Waals surface area contributed by atoms with Crippen LogP contribution in [0, 0.1) is 0 Å². The zero-order chi connectivity index (χ0) is 15.5. The van der Waals surface area contributed by atoms with Crippen molar-refractivity contribution in [3.63, 3.8) is 0 Å². The van der Waals surface area contributed by atoms with Gasteiger partial charge in [-0.05, 0) is 37.7 Å². The zero-order valence-corrected chi connectivity index (χ0v) is 13.9. The molecule has 1 atom stereocenters. The van der Waals surface area contributed by atoms with Crippen molar-refractivity contribution in [2.45, 2.75) is 26.8 Å². The molecule has 0 radical (unpaired) electrons. The SMILES string of the molecule is CCNC(CN(CC)CCOCC)c1cccc(OC)c1. The summed E-state index contributed by atoms with van der Waals surface area (Å²) in [5, 5.41) is 3.57. The molecule has 4 nitrogen and oxygen atoms in total. The third-order valence-corrected chi connectivity index (χ3v) is 3.59. The average molecular weight is 294 g/mol. The molecular formula is C17H30N2O2. The van der Waals surface area contributed by atoms with E-state index in [-0.39, 0.29) is 0 Å². The summed E-state index contributed by atoms with van der Waals surface area (Å²) in [7, 11) is 1.71. The van der Waals surface area contributed by atoms with Gasteiger partial charge in [-0.1, -0.05) is 26.0 Å². The Morgan fingerprint density at radius 1 is 1.24 bits per heavy atom. The molecule has 0 amide bonds. The molecule has 1 rings (SSSR count). The molecule has 1 unspecified atom stereocenters. The van der Waals surface area contributed by atoms with Gasteiger partial charge < -0.3 is 14.8 Å². The second-order valence-corrected chi connectivity index (χ2v) is 4.98. The smallest absolute Gasteiger partial charge is 0.119 e. The van der Waals surface area contributed by atoms with Crippen LogP contribution in [0.25, 0.3) is 0 Å². The summed E-state index contributed by atoms with van der Waals surface area (Å²) in [5.41, 5.74) is 1.27. The number of likely N-dealkylation sites (N-methyl/N-ethyl adjacent to an activating group) is 2. The number of ether oxygens (including phenoxy) is 2. The quantitative estimate of drug-likeness (QED) is 0.636. The van der Waals surface area contributed by atoms with Crippen LogP contribution in [0.1, 0.15) is 32.4 Å². The van der Waals surface area contributed by atoms with E-state index in [0.717, 1.165) is 45.1 Å². The van der Waals surface area contributed by atoms with Crippen LogP contribution >= 0.6 is 0 Å². The highest BCUT2D eigenvalue weighted by atomic mass is 16.5. The molecule has 0 bridgehead atoms. The standard InChI is InChI=1S/C17H30N2O2/c1-5-18-17(14-19(6-2)11-12-21-7-3)15-9-8-10-16(13-15)20-4/h8-10,13,17-18H,5-7,11-12,14H2,1-4H3. The van der Waals surface area contributed by atoms with Crippen LogP contribution < -0.4 is 10.1 Å². The lowest BCUT2D eigenvalue weighted by molar-refractivity contribution is 0.111. The van der Waals surface area contributed by atoms with Crippen LogP contribution in [0.5, 0.6) is 5.75 Å². The van der Waals surface area contributed by atoms with Gasteiger partial charge in [-0.2, -0.15) is 0 Å². The first kappa shape index (κ1) is 18.0. The lowest BCUT2D eigenvalue weighted by Crippen LogP contribution is -2.37. The summed E-state index contributed by atoms with van der Waals surface area (Å²) in [5.74, 6) is 0.910.